The predicted molar refractivity (Wildman–Crippen MR) is 47.6 cm³/mol. The number of sulfone groups is 1. The zero-order valence-electron chi connectivity index (χ0n) is 6.82. The second-order valence-corrected chi connectivity index (χ2v) is 4.42. The van der Waals surface area contributed by atoms with Gasteiger partial charge >= 0.3 is 0 Å². The number of rotatable bonds is 3. The minimum atomic E-state index is -3.12. The molecule has 1 rings (SSSR count). The fraction of sp³-hybridized carbons (Fsp3) is 0.250. The van der Waals surface area contributed by atoms with Gasteiger partial charge in [0, 0.05) is 0 Å². The van der Waals surface area contributed by atoms with Gasteiger partial charge in [-0.3, -0.25) is 0 Å². The Hall–Kier alpha value is -0.870. The Morgan fingerprint density at radius 2 is 1.83 bits per heavy atom. The van der Waals surface area contributed by atoms with Gasteiger partial charge in [0.2, 0.25) is 0 Å². The van der Waals surface area contributed by atoms with Crippen molar-refractivity contribution in [2.24, 2.45) is 0 Å². The molecule has 0 radical (unpaired) electrons. The minimum Gasteiger partial charge on any atom is -0.306 e. The normalized spacial score (nSPS) is 11.4. The maximum absolute atomic E-state index is 11.4. The van der Waals surface area contributed by atoms with Crippen molar-refractivity contribution < 1.29 is 8.42 Å². The molecule has 3 nitrogen and oxygen atoms in total. The SMILES string of the molecule is CNCS(=O)(=O)c1ccccc1. The molecule has 0 aliphatic carbocycles. The van der Waals surface area contributed by atoms with Crippen LogP contribution in [0.15, 0.2) is 35.2 Å². The van der Waals surface area contributed by atoms with E-state index in [4.69, 9.17) is 0 Å². The van der Waals surface area contributed by atoms with Crippen LogP contribution in [0.1, 0.15) is 0 Å². The van der Waals surface area contributed by atoms with Crippen LogP contribution < -0.4 is 5.32 Å². The van der Waals surface area contributed by atoms with Crippen molar-refractivity contribution >= 4 is 9.84 Å². The molecule has 0 spiro atoms. The fourth-order valence-electron chi connectivity index (χ4n) is 0.901. The zero-order chi connectivity index (χ0) is 9.03. The predicted octanol–water partition coefficient (Wildman–Crippen LogP) is 0.637. The lowest BCUT2D eigenvalue weighted by molar-refractivity contribution is 0.591. The van der Waals surface area contributed by atoms with Crippen molar-refractivity contribution in [1.82, 2.24) is 5.32 Å². The molecule has 0 atom stereocenters. The highest BCUT2D eigenvalue weighted by atomic mass is 32.2. The van der Waals surface area contributed by atoms with Crippen molar-refractivity contribution in [3.63, 3.8) is 0 Å². The Labute approximate surface area is 72.3 Å². The van der Waals surface area contributed by atoms with E-state index in [9.17, 15) is 8.42 Å². The van der Waals surface area contributed by atoms with E-state index in [1.807, 2.05) is 0 Å². The summed E-state index contributed by atoms with van der Waals surface area (Å²) in [6, 6.07) is 8.39. The molecule has 0 amide bonds. The third-order valence-corrected chi connectivity index (χ3v) is 3.10. The molecule has 0 aliphatic heterocycles. The highest BCUT2D eigenvalue weighted by molar-refractivity contribution is 7.91. The zero-order valence-corrected chi connectivity index (χ0v) is 7.64. The summed E-state index contributed by atoms with van der Waals surface area (Å²) < 4.78 is 22.7. The molecule has 1 aromatic carbocycles. The second-order valence-electron chi connectivity index (χ2n) is 2.43. The van der Waals surface area contributed by atoms with Gasteiger partial charge in [0.25, 0.3) is 0 Å². The first kappa shape index (κ1) is 9.22. The van der Waals surface area contributed by atoms with Crippen LogP contribution in [0.5, 0.6) is 0 Å². The van der Waals surface area contributed by atoms with Gasteiger partial charge in [0.15, 0.2) is 9.84 Å². The standard InChI is InChI=1S/C8H11NO2S/c1-9-7-12(10,11)8-5-3-2-4-6-8/h2-6,9H,7H2,1H3. The van der Waals surface area contributed by atoms with Gasteiger partial charge in [-0.15, -0.1) is 0 Å². The Bertz CT molecular complexity index is 331. The first-order chi connectivity index (χ1) is 5.67. The second kappa shape index (κ2) is 3.69. The Morgan fingerprint density at radius 1 is 1.25 bits per heavy atom. The molecule has 0 bridgehead atoms. The van der Waals surface area contributed by atoms with Crippen LogP contribution in [0.2, 0.25) is 0 Å². The topological polar surface area (TPSA) is 46.2 Å². The number of hydrogen-bond acceptors (Lipinski definition) is 3. The van der Waals surface area contributed by atoms with Crippen molar-refractivity contribution in [3.8, 4) is 0 Å². The summed E-state index contributed by atoms with van der Waals surface area (Å²) >= 11 is 0. The average Bonchev–Trinajstić information content (AvgIpc) is 2.06. The van der Waals surface area contributed by atoms with E-state index in [1.165, 1.54) is 0 Å². The molecule has 0 aliphatic rings. The van der Waals surface area contributed by atoms with Gasteiger partial charge in [-0.25, -0.2) is 8.42 Å². The average molecular weight is 185 g/mol. The van der Waals surface area contributed by atoms with Crippen molar-refractivity contribution in [3.05, 3.63) is 30.3 Å². The molecule has 0 heterocycles. The van der Waals surface area contributed by atoms with Gasteiger partial charge in [-0.05, 0) is 19.2 Å². The lowest BCUT2D eigenvalue weighted by Gasteiger charge is -2.01. The summed E-state index contributed by atoms with van der Waals surface area (Å²) in [5.74, 6) is -0.0169. The maximum atomic E-state index is 11.4. The largest absolute Gasteiger partial charge is 0.306 e. The summed E-state index contributed by atoms with van der Waals surface area (Å²) in [5.41, 5.74) is 0. The molecule has 0 saturated carbocycles. The van der Waals surface area contributed by atoms with Crippen molar-refractivity contribution in [2.45, 2.75) is 4.90 Å². The van der Waals surface area contributed by atoms with E-state index >= 15 is 0 Å². The van der Waals surface area contributed by atoms with Crippen LogP contribution in [-0.2, 0) is 9.84 Å². The van der Waals surface area contributed by atoms with Gasteiger partial charge in [0.1, 0.15) is 5.88 Å². The third kappa shape index (κ3) is 2.06. The van der Waals surface area contributed by atoms with Crippen LogP contribution in [-0.4, -0.2) is 21.3 Å². The summed E-state index contributed by atoms with van der Waals surface area (Å²) in [6.45, 7) is 0. The maximum Gasteiger partial charge on any atom is 0.191 e. The quantitative estimate of drug-likeness (QED) is 0.751. The fourth-order valence-corrected chi connectivity index (χ4v) is 2.02. The smallest absolute Gasteiger partial charge is 0.191 e. The van der Waals surface area contributed by atoms with Crippen LogP contribution >= 0.6 is 0 Å². The van der Waals surface area contributed by atoms with Gasteiger partial charge in [-0.1, -0.05) is 18.2 Å². The Morgan fingerprint density at radius 3 is 2.33 bits per heavy atom. The number of benzene rings is 1. The number of nitrogens with one attached hydrogen (secondary N) is 1. The summed E-state index contributed by atoms with van der Waals surface area (Å²) in [5, 5.41) is 2.62. The minimum absolute atomic E-state index is 0.0169. The molecule has 4 heteroatoms. The van der Waals surface area contributed by atoms with E-state index in [2.05, 4.69) is 5.32 Å². The van der Waals surface area contributed by atoms with Crippen molar-refractivity contribution in [2.75, 3.05) is 12.9 Å². The molecular weight excluding hydrogens is 174 g/mol. The van der Waals surface area contributed by atoms with Gasteiger partial charge in [-0.2, -0.15) is 0 Å². The molecule has 0 unspecified atom stereocenters. The highest BCUT2D eigenvalue weighted by Crippen LogP contribution is 2.07. The highest BCUT2D eigenvalue weighted by Gasteiger charge is 2.10. The van der Waals surface area contributed by atoms with Crippen LogP contribution in [0, 0.1) is 0 Å². The molecular formula is C8H11NO2S. The molecule has 0 fully saturated rings. The molecule has 1 aromatic rings. The molecule has 0 aromatic heterocycles. The third-order valence-electron chi connectivity index (χ3n) is 1.44. The summed E-state index contributed by atoms with van der Waals surface area (Å²) in [6.07, 6.45) is 0. The van der Waals surface area contributed by atoms with E-state index in [0.29, 0.717) is 4.90 Å². The Balaban J connectivity index is 2.99. The van der Waals surface area contributed by atoms with E-state index in [-0.39, 0.29) is 5.88 Å². The number of hydrogen-bond donors (Lipinski definition) is 1. The summed E-state index contributed by atoms with van der Waals surface area (Å²) in [4.78, 5) is 0.361. The van der Waals surface area contributed by atoms with Crippen LogP contribution in [0.4, 0.5) is 0 Å². The lowest BCUT2D eigenvalue weighted by Crippen LogP contribution is -2.18. The van der Waals surface area contributed by atoms with Gasteiger partial charge in [0.05, 0.1) is 4.90 Å². The van der Waals surface area contributed by atoms with E-state index < -0.39 is 9.84 Å². The first-order valence-corrected chi connectivity index (χ1v) is 5.24. The van der Waals surface area contributed by atoms with Crippen molar-refractivity contribution in [1.29, 1.82) is 0 Å². The van der Waals surface area contributed by atoms with E-state index in [0.717, 1.165) is 0 Å². The van der Waals surface area contributed by atoms with Crippen LogP contribution in [0.3, 0.4) is 0 Å². The van der Waals surface area contributed by atoms with Gasteiger partial charge < -0.3 is 5.32 Å². The lowest BCUT2D eigenvalue weighted by atomic mass is 10.4. The first-order valence-electron chi connectivity index (χ1n) is 3.59. The van der Waals surface area contributed by atoms with Crippen LogP contribution in [0.25, 0.3) is 0 Å². The molecule has 0 saturated heterocycles. The summed E-state index contributed by atoms with van der Waals surface area (Å²) in [7, 11) is -1.51. The molecule has 66 valence electrons. The Kier molecular flexibility index (Phi) is 2.83. The monoisotopic (exact) mass is 185 g/mol. The molecule has 1 N–H and O–H groups in total. The van der Waals surface area contributed by atoms with E-state index in [1.54, 1.807) is 37.4 Å². The molecule has 12 heavy (non-hydrogen) atoms.